The van der Waals surface area contributed by atoms with Gasteiger partial charge in [-0.05, 0) is 62.4 Å². The number of carbonyl (C=O) groups excluding carboxylic acids is 2. The number of amides is 1. The molecule has 6 heteroatoms. The van der Waals surface area contributed by atoms with Crippen molar-refractivity contribution in [1.82, 2.24) is 0 Å². The molecule has 0 aromatic heterocycles. The quantitative estimate of drug-likeness (QED) is 0.720. The van der Waals surface area contributed by atoms with Gasteiger partial charge in [0.05, 0.1) is 25.3 Å². The molecular weight excluding hydrogens is 320 g/mol. The molecule has 0 heterocycles. The Labute approximate surface area is 147 Å². The summed E-state index contributed by atoms with van der Waals surface area (Å²) in [5.74, 6) is 0.231. The summed E-state index contributed by atoms with van der Waals surface area (Å²) in [6.07, 6.45) is 0. The van der Waals surface area contributed by atoms with Crippen LogP contribution >= 0.6 is 0 Å². The first-order chi connectivity index (χ1) is 12.1. The van der Waals surface area contributed by atoms with E-state index in [1.54, 1.807) is 31.2 Å². The number of hydrogen-bond donors (Lipinski definition) is 2. The fourth-order valence-electron chi connectivity index (χ4n) is 2.13. The van der Waals surface area contributed by atoms with E-state index in [0.717, 1.165) is 11.4 Å². The van der Waals surface area contributed by atoms with Gasteiger partial charge in [0.25, 0.3) is 0 Å². The van der Waals surface area contributed by atoms with Gasteiger partial charge in [0.1, 0.15) is 5.75 Å². The van der Waals surface area contributed by atoms with Crippen molar-refractivity contribution in [3.63, 3.8) is 0 Å². The molecule has 0 radical (unpaired) electrons. The van der Waals surface area contributed by atoms with Crippen molar-refractivity contribution in [3.05, 3.63) is 54.1 Å². The van der Waals surface area contributed by atoms with Crippen LogP contribution in [0.25, 0.3) is 0 Å². The molecule has 6 nitrogen and oxygen atoms in total. The first kappa shape index (κ1) is 18.3. The van der Waals surface area contributed by atoms with E-state index in [9.17, 15) is 9.59 Å². The second-order valence-electron chi connectivity index (χ2n) is 5.16. The zero-order valence-electron chi connectivity index (χ0n) is 14.4. The highest BCUT2D eigenvalue weighted by molar-refractivity contribution is 5.95. The predicted octanol–water partition coefficient (Wildman–Crippen LogP) is 3.31. The van der Waals surface area contributed by atoms with Gasteiger partial charge in [-0.2, -0.15) is 0 Å². The first-order valence-electron chi connectivity index (χ1n) is 8.16. The van der Waals surface area contributed by atoms with Gasteiger partial charge in [-0.1, -0.05) is 0 Å². The normalized spacial score (nSPS) is 10.0. The van der Waals surface area contributed by atoms with Gasteiger partial charge in [0, 0.05) is 11.4 Å². The predicted molar refractivity (Wildman–Crippen MR) is 97.1 cm³/mol. The lowest BCUT2D eigenvalue weighted by Crippen LogP contribution is -2.21. The van der Waals surface area contributed by atoms with Crippen molar-refractivity contribution >= 4 is 23.3 Å². The molecule has 132 valence electrons. The van der Waals surface area contributed by atoms with Gasteiger partial charge in [-0.3, -0.25) is 4.79 Å². The van der Waals surface area contributed by atoms with Crippen LogP contribution in [0.1, 0.15) is 24.2 Å². The first-order valence-corrected chi connectivity index (χ1v) is 8.16. The molecule has 0 unspecified atom stereocenters. The minimum Gasteiger partial charge on any atom is -0.494 e. The Bertz CT molecular complexity index is 696. The van der Waals surface area contributed by atoms with Crippen LogP contribution in [0, 0.1) is 0 Å². The summed E-state index contributed by atoms with van der Waals surface area (Å²) < 4.78 is 10.3. The Balaban J connectivity index is 1.82. The molecule has 0 aliphatic rings. The van der Waals surface area contributed by atoms with E-state index in [-0.39, 0.29) is 18.4 Å². The maximum atomic E-state index is 12.0. The van der Waals surface area contributed by atoms with Gasteiger partial charge in [-0.15, -0.1) is 0 Å². The third kappa shape index (κ3) is 5.84. The van der Waals surface area contributed by atoms with Gasteiger partial charge < -0.3 is 20.1 Å². The lowest BCUT2D eigenvalue weighted by atomic mass is 10.2. The Morgan fingerprint density at radius 1 is 0.880 bits per heavy atom. The van der Waals surface area contributed by atoms with Crippen molar-refractivity contribution in [2.75, 3.05) is 30.4 Å². The largest absolute Gasteiger partial charge is 0.494 e. The Hall–Kier alpha value is -3.02. The average Bonchev–Trinajstić information content (AvgIpc) is 2.62. The molecule has 2 aromatic carbocycles. The summed E-state index contributed by atoms with van der Waals surface area (Å²) in [5.41, 5.74) is 1.90. The fourth-order valence-corrected chi connectivity index (χ4v) is 2.13. The number of anilines is 2. The van der Waals surface area contributed by atoms with Crippen LogP contribution in [0.15, 0.2) is 48.5 Å². The second-order valence-corrected chi connectivity index (χ2v) is 5.16. The Morgan fingerprint density at radius 3 is 2.12 bits per heavy atom. The fraction of sp³-hybridized carbons (Fsp3) is 0.263. The number of esters is 1. The molecule has 2 aromatic rings. The molecule has 0 aliphatic heterocycles. The second kappa shape index (κ2) is 9.32. The SMILES string of the molecule is CCOC(=O)c1ccc(NC(=O)CNc2ccc(OCC)cc2)cc1. The van der Waals surface area contributed by atoms with Crippen molar-refractivity contribution < 1.29 is 19.1 Å². The van der Waals surface area contributed by atoms with Crippen LogP contribution in [0.2, 0.25) is 0 Å². The number of rotatable bonds is 8. The molecule has 0 fully saturated rings. The van der Waals surface area contributed by atoms with Crippen molar-refractivity contribution in [2.24, 2.45) is 0 Å². The van der Waals surface area contributed by atoms with E-state index >= 15 is 0 Å². The number of benzene rings is 2. The minimum absolute atomic E-state index is 0.133. The number of hydrogen-bond acceptors (Lipinski definition) is 5. The number of ether oxygens (including phenoxy) is 2. The number of nitrogens with one attached hydrogen (secondary N) is 2. The lowest BCUT2D eigenvalue weighted by molar-refractivity contribution is -0.114. The summed E-state index contributed by atoms with van der Waals surface area (Å²) >= 11 is 0. The van der Waals surface area contributed by atoms with Crippen LogP contribution in [-0.2, 0) is 9.53 Å². The number of carbonyl (C=O) groups is 2. The van der Waals surface area contributed by atoms with Crippen molar-refractivity contribution in [2.45, 2.75) is 13.8 Å². The van der Waals surface area contributed by atoms with Crippen LogP contribution in [0.5, 0.6) is 5.75 Å². The van der Waals surface area contributed by atoms with E-state index in [4.69, 9.17) is 9.47 Å². The van der Waals surface area contributed by atoms with Gasteiger partial charge >= 0.3 is 5.97 Å². The van der Waals surface area contributed by atoms with Crippen molar-refractivity contribution in [3.8, 4) is 5.75 Å². The van der Waals surface area contributed by atoms with Crippen LogP contribution in [0.3, 0.4) is 0 Å². The van der Waals surface area contributed by atoms with E-state index in [1.807, 2.05) is 31.2 Å². The molecule has 0 bridgehead atoms. The molecule has 2 N–H and O–H groups in total. The Morgan fingerprint density at radius 2 is 1.52 bits per heavy atom. The van der Waals surface area contributed by atoms with E-state index in [0.29, 0.717) is 24.5 Å². The maximum absolute atomic E-state index is 12.0. The summed E-state index contributed by atoms with van der Waals surface area (Å²) in [4.78, 5) is 23.6. The van der Waals surface area contributed by atoms with Crippen LogP contribution < -0.4 is 15.4 Å². The van der Waals surface area contributed by atoms with Crippen LogP contribution in [-0.4, -0.2) is 31.6 Å². The molecular formula is C19H22N2O4. The molecule has 0 aliphatic carbocycles. The maximum Gasteiger partial charge on any atom is 0.338 e. The van der Waals surface area contributed by atoms with Crippen LogP contribution in [0.4, 0.5) is 11.4 Å². The monoisotopic (exact) mass is 342 g/mol. The highest BCUT2D eigenvalue weighted by Gasteiger charge is 2.07. The lowest BCUT2D eigenvalue weighted by Gasteiger charge is -2.09. The zero-order chi connectivity index (χ0) is 18.1. The van der Waals surface area contributed by atoms with E-state index in [1.165, 1.54) is 0 Å². The smallest absolute Gasteiger partial charge is 0.338 e. The topological polar surface area (TPSA) is 76.7 Å². The van der Waals surface area contributed by atoms with Crippen molar-refractivity contribution in [1.29, 1.82) is 0 Å². The highest BCUT2D eigenvalue weighted by Crippen LogP contribution is 2.15. The summed E-state index contributed by atoms with van der Waals surface area (Å²) in [5, 5.41) is 5.80. The Kier molecular flexibility index (Phi) is 6.83. The van der Waals surface area contributed by atoms with E-state index < -0.39 is 0 Å². The molecule has 0 spiro atoms. The highest BCUT2D eigenvalue weighted by atomic mass is 16.5. The summed E-state index contributed by atoms with van der Waals surface area (Å²) in [7, 11) is 0. The van der Waals surface area contributed by atoms with Gasteiger partial charge in [0.2, 0.25) is 5.91 Å². The van der Waals surface area contributed by atoms with Gasteiger partial charge in [0.15, 0.2) is 0 Å². The third-order valence-corrected chi connectivity index (χ3v) is 3.30. The molecule has 25 heavy (non-hydrogen) atoms. The molecule has 0 atom stereocenters. The molecule has 1 amide bonds. The summed E-state index contributed by atoms with van der Waals surface area (Å²) in [6.45, 7) is 4.76. The van der Waals surface area contributed by atoms with E-state index in [2.05, 4.69) is 10.6 Å². The molecule has 0 saturated carbocycles. The van der Waals surface area contributed by atoms with Gasteiger partial charge in [-0.25, -0.2) is 4.79 Å². The minimum atomic E-state index is -0.377. The molecule has 2 rings (SSSR count). The summed E-state index contributed by atoms with van der Waals surface area (Å²) in [6, 6.07) is 14.0. The molecule has 0 saturated heterocycles. The third-order valence-electron chi connectivity index (χ3n) is 3.30. The zero-order valence-corrected chi connectivity index (χ0v) is 14.4. The standard InChI is InChI=1S/C19H22N2O4/c1-3-24-17-11-9-15(10-12-17)20-13-18(22)21-16-7-5-14(6-8-16)19(23)25-4-2/h5-12,20H,3-4,13H2,1-2H3,(H,21,22). The average molecular weight is 342 g/mol.